The number of hydrogen-bond donors (Lipinski definition) is 5. The molecule has 0 radical (unpaired) electrons. The number of hydrogen-bond acceptors (Lipinski definition) is 11. The predicted octanol–water partition coefficient (Wildman–Crippen LogP) is 3.07. The van der Waals surface area contributed by atoms with Gasteiger partial charge >= 0.3 is 0 Å². The van der Waals surface area contributed by atoms with Crippen LogP contribution < -0.4 is 10.6 Å². The number of anilines is 2. The number of nitrogens with one attached hydrogen (secondary N) is 2. The molecule has 3 aliphatic carbocycles. The van der Waals surface area contributed by atoms with Crippen LogP contribution in [0.3, 0.4) is 0 Å². The second-order valence-corrected chi connectivity index (χ2v) is 12.2. The van der Waals surface area contributed by atoms with Gasteiger partial charge in [-0.1, -0.05) is 0 Å². The van der Waals surface area contributed by atoms with Gasteiger partial charge in [0, 0.05) is 37.8 Å². The third-order valence-electron chi connectivity index (χ3n) is 8.49. The molecular weight excluding hydrogens is 504 g/mol. The van der Waals surface area contributed by atoms with Crippen molar-refractivity contribution in [2.75, 3.05) is 24.4 Å². The Morgan fingerprint density at radius 1 is 1.13 bits per heavy atom. The van der Waals surface area contributed by atoms with E-state index in [4.69, 9.17) is 19.7 Å². The molecule has 0 bridgehead atoms. The maximum absolute atomic E-state index is 10.7. The molecule has 5 N–H and O–H groups in total. The van der Waals surface area contributed by atoms with Gasteiger partial charge in [0.05, 0.1) is 39.9 Å². The van der Waals surface area contributed by atoms with Gasteiger partial charge in [-0.3, -0.25) is 4.98 Å². The number of nitrogens with zero attached hydrogens (tertiary/aromatic N) is 4. The molecule has 0 spiro atoms. The lowest BCUT2D eigenvalue weighted by atomic mass is 9.78. The Labute approximate surface area is 225 Å². The van der Waals surface area contributed by atoms with Crippen molar-refractivity contribution in [2.45, 2.75) is 82.3 Å². The first-order valence-electron chi connectivity index (χ1n) is 13.5. The number of rotatable bonds is 9. The van der Waals surface area contributed by atoms with E-state index in [0.29, 0.717) is 36.1 Å². The summed E-state index contributed by atoms with van der Waals surface area (Å²) in [5.41, 5.74) is 3.54. The zero-order chi connectivity index (χ0) is 26.6. The number of ether oxygens (including phenoxy) is 1. The lowest BCUT2D eigenvalue weighted by Crippen LogP contribution is -2.40. The van der Waals surface area contributed by atoms with Gasteiger partial charge < -0.3 is 30.7 Å². The van der Waals surface area contributed by atoms with E-state index in [9.17, 15) is 15.3 Å². The Morgan fingerprint density at radius 3 is 2.61 bits per heavy atom. The van der Waals surface area contributed by atoms with Crippen LogP contribution >= 0.6 is 11.3 Å². The van der Waals surface area contributed by atoms with E-state index in [1.807, 2.05) is 19.2 Å². The topological polar surface area (TPSA) is 146 Å². The molecule has 10 nitrogen and oxygen atoms in total. The number of aliphatic hydroxyl groups excluding tert-OH is 3. The average Bonchev–Trinajstić information content (AvgIpc) is 3.56. The lowest BCUT2D eigenvalue weighted by molar-refractivity contribution is -0.00343. The molecule has 3 aliphatic rings. The first-order chi connectivity index (χ1) is 18.4. The minimum atomic E-state index is -1.02. The van der Waals surface area contributed by atoms with Crippen LogP contribution in [0.1, 0.15) is 56.3 Å². The number of fused-ring (bicyclic) bond motifs is 1. The Hall–Kier alpha value is -2.44. The van der Waals surface area contributed by atoms with Crippen LogP contribution in [0.15, 0.2) is 12.3 Å². The van der Waals surface area contributed by atoms with Crippen molar-refractivity contribution in [3.63, 3.8) is 0 Å². The fourth-order valence-corrected chi connectivity index (χ4v) is 6.86. The standard InChI is InChI=1S/C27H36N6O4S/c1-12(15-8-17(9-15)37-3)29-27-30-13(2)20(25(33-27)31-18-10-16(11-34)23(35)24(18)36)26-32-22-19(38-26)6-7-28-21(22)14-4-5-14/h6-7,12,14-18,23-24,34-36H,4-5,8-11H2,1-3H3,(H2,29,30,31,33)/t12-,15-,16-,17-,18-,23-,24+/m1/s1. The van der Waals surface area contributed by atoms with Crippen molar-refractivity contribution < 1.29 is 20.1 Å². The van der Waals surface area contributed by atoms with Gasteiger partial charge in [0.15, 0.2) is 0 Å². The molecule has 3 saturated carbocycles. The average molecular weight is 541 g/mol. The van der Waals surface area contributed by atoms with Crippen LogP contribution in [0.4, 0.5) is 11.8 Å². The first kappa shape index (κ1) is 25.8. The number of aromatic nitrogens is 4. The number of aryl methyl sites for hydroxylation is 1. The van der Waals surface area contributed by atoms with Crippen LogP contribution in [-0.2, 0) is 4.74 Å². The molecule has 11 heteroatoms. The quantitative estimate of drug-likeness (QED) is 0.274. The molecule has 0 aromatic carbocycles. The monoisotopic (exact) mass is 540 g/mol. The molecule has 3 aromatic heterocycles. The Balaban J connectivity index is 1.36. The molecule has 38 heavy (non-hydrogen) atoms. The highest BCUT2D eigenvalue weighted by Crippen LogP contribution is 2.44. The molecular formula is C27H36N6O4S. The summed E-state index contributed by atoms with van der Waals surface area (Å²) in [7, 11) is 1.75. The molecule has 3 aromatic rings. The van der Waals surface area contributed by atoms with E-state index in [1.165, 1.54) is 0 Å². The Bertz CT molecular complexity index is 1310. The van der Waals surface area contributed by atoms with Gasteiger partial charge in [-0.25, -0.2) is 9.97 Å². The van der Waals surface area contributed by atoms with E-state index in [1.54, 1.807) is 18.4 Å². The summed E-state index contributed by atoms with van der Waals surface area (Å²) in [4.78, 5) is 19.3. The van der Waals surface area contributed by atoms with Crippen LogP contribution in [-0.4, -0.2) is 79.4 Å². The Morgan fingerprint density at radius 2 is 1.92 bits per heavy atom. The molecule has 0 saturated heterocycles. The van der Waals surface area contributed by atoms with Crippen molar-refractivity contribution in [3.05, 3.63) is 23.7 Å². The number of methoxy groups -OCH3 is 1. The normalized spacial score (nSPS) is 29.8. The zero-order valence-electron chi connectivity index (χ0n) is 22.0. The van der Waals surface area contributed by atoms with Crippen molar-refractivity contribution in [2.24, 2.45) is 11.8 Å². The van der Waals surface area contributed by atoms with E-state index in [0.717, 1.165) is 57.9 Å². The summed E-state index contributed by atoms with van der Waals surface area (Å²) in [6.45, 7) is 3.90. The van der Waals surface area contributed by atoms with E-state index in [-0.39, 0.29) is 12.6 Å². The summed E-state index contributed by atoms with van der Waals surface area (Å²) in [6, 6.07) is 1.71. The third-order valence-corrected chi connectivity index (χ3v) is 9.53. The van der Waals surface area contributed by atoms with E-state index >= 15 is 0 Å². The fourth-order valence-electron chi connectivity index (χ4n) is 5.79. The number of thiazole rings is 1. The molecule has 3 fully saturated rings. The summed E-state index contributed by atoms with van der Waals surface area (Å²) < 4.78 is 6.52. The zero-order valence-corrected chi connectivity index (χ0v) is 22.8. The third kappa shape index (κ3) is 4.75. The smallest absolute Gasteiger partial charge is 0.225 e. The van der Waals surface area contributed by atoms with Crippen molar-refractivity contribution in [1.29, 1.82) is 0 Å². The molecule has 204 valence electrons. The second kappa shape index (κ2) is 10.3. The maximum atomic E-state index is 10.7. The number of pyridine rings is 1. The second-order valence-electron chi connectivity index (χ2n) is 11.1. The fraction of sp³-hybridized carbons (Fsp3) is 0.630. The van der Waals surface area contributed by atoms with E-state index < -0.39 is 24.2 Å². The van der Waals surface area contributed by atoms with Gasteiger partial charge in [-0.2, -0.15) is 4.98 Å². The highest BCUT2D eigenvalue weighted by molar-refractivity contribution is 7.21. The minimum absolute atomic E-state index is 0.173. The van der Waals surface area contributed by atoms with Gasteiger partial charge in [0.2, 0.25) is 5.95 Å². The number of aliphatic hydroxyl groups is 3. The molecule has 0 aliphatic heterocycles. The van der Waals surface area contributed by atoms with Gasteiger partial charge in [-0.05, 0) is 57.9 Å². The van der Waals surface area contributed by atoms with Crippen molar-refractivity contribution in [1.82, 2.24) is 19.9 Å². The maximum Gasteiger partial charge on any atom is 0.225 e. The van der Waals surface area contributed by atoms with Crippen LogP contribution in [0.2, 0.25) is 0 Å². The highest BCUT2D eigenvalue weighted by Gasteiger charge is 2.42. The Kier molecular flexibility index (Phi) is 6.98. The summed E-state index contributed by atoms with van der Waals surface area (Å²) >= 11 is 1.59. The van der Waals surface area contributed by atoms with Crippen molar-refractivity contribution in [3.8, 4) is 10.6 Å². The summed E-state index contributed by atoms with van der Waals surface area (Å²) in [6.07, 6.45) is 4.88. The molecule has 0 unspecified atom stereocenters. The largest absolute Gasteiger partial charge is 0.396 e. The first-order valence-corrected chi connectivity index (χ1v) is 14.3. The summed E-state index contributed by atoms with van der Waals surface area (Å²) in [5.74, 6) is 1.63. The van der Waals surface area contributed by atoms with E-state index in [2.05, 4.69) is 22.5 Å². The van der Waals surface area contributed by atoms with Crippen LogP contribution in [0.5, 0.6) is 0 Å². The predicted molar refractivity (Wildman–Crippen MR) is 146 cm³/mol. The molecule has 5 atom stereocenters. The summed E-state index contributed by atoms with van der Waals surface area (Å²) in [5, 5.41) is 38.5. The van der Waals surface area contributed by atoms with Gasteiger partial charge in [0.1, 0.15) is 22.4 Å². The lowest BCUT2D eigenvalue weighted by Gasteiger charge is -2.38. The molecule has 0 amide bonds. The van der Waals surface area contributed by atoms with Gasteiger partial charge in [0.25, 0.3) is 0 Å². The molecule has 6 rings (SSSR count). The SMILES string of the molecule is CO[C@H]1C[C@H]([C@@H](C)Nc2nc(C)c(-c3nc4c(C5CC5)nccc4s3)c(N[C@@H]3C[C@H](CO)[C@@H](O)[C@H]3O)n2)C1. The minimum Gasteiger partial charge on any atom is -0.396 e. The van der Waals surface area contributed by atoms with Crippen LogP contribution in [0, 0.1) is 18.8 Å². The van der Waals surface area contributed by atoms with Crippen LogP contribution in [0.25, 0.3) is 20.8 Å². The van der Waals surface area contributed by atoms with Gasteiger partial charge in [-0.15, -0.1) is 11.3 Å². The highest BCUT2D eigenvalue weighted by atomic mass is 32.1. The molecule has 3 heterocycles. The van der Waals surface area contributed by atoms with Crippen molar-refractivity contribution >= 4 is 33.3 Å².